The molecular formula is C14H17N3O2S. The Balaban J connectivity index is 1.96. The number of carbonyl (C=O) groups excluding carboxylic acids is 2. The van der Waals surface area contributed by atoms with Gasteiger partial charge in [-0.3, -0.25) is 14.6 Å². The topological polar surface area (TPSA) is 70.6 Å². The van der Waals surface area contributed by atoms with E-state index in [1.54, 1.807) is 7.05 Å². The van der Waals surface area contributed by atoms with Crippen LogP contribution in [-0.2, 0) is 9.59 Å². The Hall–Kier alpha value is -1.82. The maximum atomic E-state index is 12.0. The van der Waals surface area contributed by atoms with Gasteiger partial charge in [0.15, 0.2) is 5.17 Å². The number of nitrogens with one attached hydrogen (secondary N) is 2. The van der Waals surface area contributed by atoms with Crippen LogP contribution in [0, 0.1) is 13.8 Å². The molecule has 2 rings (SSSR count). The summed E-state index contributed by atoms with van der Waals surface area (Å²) in [6.45, 7) is 4.02. The second-order valence-corrected chi connectivity index (χ2v) is 5.87. The summed E-state index contributed by atoms with van der Waals surface area (Å²) in [5.41, 5.74) is 3.06. The Labute approximate surface area is 122 Å². The second-order valence-electron chi connectivity index (χ2n) is 4.68. The van der Waals surface area contributed by atoms with Gasteiger partial charge in [-0.1, -0.05) is 17.8 Å². The van der Waals surface area contributed by atoms with Gasteiger partial charge in [-0.05, 0) is 37.1 Å². The number of carbonyl (C=O) groups is 2. The number of aliphatic imine (C=N–C) groups is 1. The molecule has 0 saturated carbocycles. The minimum Gasteiger partial charge on any atom is -0.326 e. The van der Waals surface area contributed by atoms with Gasteiger partial charge < -0.3 is 10.6 Å². The molecule has 1 aromatic carbocycles. The van der Waals surface area contributed by atoms with Crippen molar-refractivity contribution in [1.29, 1.82) is 0 Å². The molecule has 1 aliphatic heterocycles. The van der Waals surface area contributed by atoms with Gasteiger partial charge in [0.05, 0.1) is 0 Å². The standard InChI is InChI=1S/C14H17N3O2S/c1-8-4-5-10(6-9(8)2)16-12(18)7-11-13(19)17-14(15-3)20-11/h4-6,11H,7H2,1-3H3,(H,16,18)(H,15,17,19). The molecule has 0 spiro atoms. The van der Waals surface area contributed by atoms with Crippen LogP contribution < -0.4 is 10.6 Å². The molecule has 1 heterocycles. The lowest BCUT2D eigenvalue weighted by Gasteiger charge is -2.09. The summed E-state index contributed by atoms with van der Waals surface area (Å²) in [4.78, 5) is 27.5. The first-order chi connectivity index (χ1) is 9.49. The second kappa shape index (κ2) is 6.09. The summed E-state index contributed by atoms with van der Waals surface area (Å²) in [6, 6.07) is 5.75. The number of rotatable bonds is 3. The average Bonchev–Trinajstić information content (AvgIpc) is 2.74. The molecule has 20 heavy (non-hydrogen) atoms. The van der Waals surface area contributed by atoms with Gasteiger partial charge in [-0.2, -0.15) is 0 Å². The van der Waals surface area contributed by atoms with Gasteiger partial charge in [0, 0.05) is 19.2 Å². The molecule has 0 aromatic heterocycles. The molecule has 0 aliphatic carbocycles. The number of amidine groups is 1. The highest BCUT2D eigenvalue weighted by Gasteiger charge is 2.31. The molecule has 1 aromatic rings. The SMILES string of the molecule is CN=C1NC(=O)C(CC(=O)Nc2ccc(C)c(C)c2)S1. The van der Waals surface area contributed by atoms with Crippen LogP contribution in [-0.4, -0.2) is 29.3 Å². The Morgan fingerprint density at radius 1 is 1.40 bits per heavy atom. The molecule has 5 nitrogen and oxygen atoms in total. The summed E-state index contributed by atoms with van der Waals surface area (Å²) in [7, 11) is 1.61. The monoisotopic (exact) mass is 291 g/mol. The van der Waals surface area contributed by atoms with E-state index >= 15 is 0 Å². The van der Waals surface area contributed by atoms with Gasteiger partial charge in [0.2, 0.25) is 11.8 Å². The van der Waals surface area contributed by atoms with Crippen molar-refractivity contribution in [2.75, 3.05) is 12.4 Å². The summed E-state index contributed by atoms with van der Waals surface area (Å²) in [6.07, 6.45) is 0.141. The van der Waals surface area contributed by atoms with Crippen LogP contribution in [0.1, 0.15) is 17.5 Å². The lowest BCUT2D eigenvalue weighted by Crippen LogP contribution is -2.28. The van der Waals surface area contributed by atoms with E-state index in [-0.39, 0.29) is 18.2 Å². The first-order valence-electron chi connectivity index (χ1n) is 6.31. The van der Waals surface area contributed by atoms with E-state index < -0.39 is 5.25 Å². The molecule has 1 unspecified atom stereocenters. The molecule has 1 atom stereocenters. The molecule has 6 heteroatoms. The average molecular weight is 291 g/mol. The third kappa shape index (κ3) is 3.39. The highest BCUT2D eigenvalue weighted by molar-refractivity contribution is 8.15. The molecule has 1 fully saturated rings. The number of thioether (sulfide) groups is 1. The largest absolute Gasteiger partial charge is 0.326 e. The van der Waals surface area contributed by atoms with Gasteiger partial charge in [-0.25, -0.2) is 0 Å². The summed E-state index contributed by atoms with van der Waals surface area (Å²) in [5, 5.41) is 5.62. The fourth-order valence-corrected chi connectivity index (χ4v) is 2.78. The Morgan fingerprint density at radius 3 is 2.75 bits per heavy atom. The zero-order valence-electron chi connectivity index (χ0n) is 11.7. The molecule has 2 N–H and O–H groups in total. The molecule has 2 amide bonds. The Morgan fingerprint density at radius 2 is 2.15 bits per heavy atom. The number of hydrogen-bond donors (Lipinski definition) is 2. The van der Waals surface area contributed by atoms with Crippen LogP contribution in [0.25, 0.3) is 0 Å². The number of anilines is 1. The number of aryl methyl sites for hydroxylation is 2. The maximum Gasteiger partial charge on any atom is 0.240 e. The summed E-state index contributed by atoms with van der Waals surface area (Å²) in [5.74, 6) is -0.330. The lowest BCUT2D eigenvalue weighted by atomic mass is 10.1. The third-order valence-corrected chi connectivity index (χ3v) is 4.31. The number of benzene rings is 1. The van der Waals surface area contributed by atoms with Crippen molar-refractivity contribution in [2.24, 2.45) is 4.99 Å². The molecule has 1 saturated heterocycles. The lowest BCUT2D eigenvalue weighted by molar-refractivity contribution is -0.122. The third-order valence-electron chi connectivity index (χ3n) is 3.14. The van der Waals surface area contributed by atoms with E-state index in [4.69, 9.17) is 0 Å². The highest BCUT2D eigenvalue weighted by atomic mass is 32.2. The number of nitrogens with zero attached hydrogens (tertiary/aromatic N) is 1. The van der Waals surface area contributed by atoms with Crippen molar-refractivity contribution < 1.29 is 9.59 Å². The fraction of sp³-hybridized carbons (Fsp3) is 0.357. The van der Waals surface area contributed by atoms with E-state index in [2.05, 4.69) is 15.6 Å². The Bertz CT molecular complexity index is 584. The fourth-order valence-electron chi connectivity index (χ4n) is 1.85. The number of amides is 2. The zero-order valence-corrected chi connectivity index (χ0v) is 12.5. The minimum atomic E-state index is -0.403. The van der Waals surface area contributed by atoms with Crippen LogP contribution in [0.3, 0.4) is 0 Å². The summed E-state index contributed by atoms with van der Waals surface area (Å²) >= 11 is 1.29. The highest BCUT2D eigenvalue weighted by Crippen LogP contribution is 2.23. The molecule has 0 bridgehead atoms. The van der Waals surface area contributed by atoms with E-state index in [9.17, 15) is 9.59 Å². The summed E-state index contributed by atoms with van der Waals surface area (Å²) < 4.78 is 0. The van der Waals surface area contributed by atoms with Crippen molar-refractivity contribution in [3.05, 3.63) is 29.3 Å². The molecule has 0 radical (unpaired) electrons. The smallest absolute Gasteiger partial charge is 0.240 e. The predicted octanol–water partition coefficient (Wildman–Crippen LogP) is 1.85. The quantitative estimate of drug-likeness (QED) is 0.893. The van der Waals surface area contributed by atoms with E-state index in [1.165, 1.54) is 17.3 Å². The number of hydrogen-bond acceptors (Lipinski definition) is 4. The van der Waals surface area contributed by atoms with E-state index in [0.29, 0.717) is 5.17 Å². The Kier molecular flexibility index (Phi) is 4.44. The van der Waals surface area contributed by atoms with E-state index in [0.717, 1.165) is 11.3 Å². The van der Waals surface area contributed by atoms with Gasteiger partial charge in [0.1, 0.15) is 5.25 Å². The van der Waals surface area contributed by atoms with Crippen molar-refractivity contribution >= 4 is 34.4 Å². The normalized spacial score (nSPS) is 20.1. The predicted molar refractivity (Wildman–Crippen MR) is 82.0 cm³/mol. The van der Waals surface area contributed by atoms with Gasteiger partial charge in [0.25, 0.3) is 0 Å². The zero-order chi connectivity index (χ0) is 14.7. The van der Waals surface area contributed by atoms with Crippen molar-refractivity contribution in [3.8, 4) is 0 Å². The minimum absolute atomic E-state index is 0.141. The molecule has 1 aliphatic rings. The van der Waals surface area contributed by atoms with Crippen molar-refractivity contribution in [3.63, 3.8) is 0 Å². The molecule has 106 valence electrons. The van der Waals surface area contributed by atoms with Crippen LogP contribution >= 0.6 is 11.8 Å². The van der Waals surface area contributed by atoms with Gasteiger partial charge >= 0.3 is 0 Å². The van der Waals surface area contributed by atoms with Crippen LogP contribution in [0.5, 0.6) is 0 Å². The molecular weight excluding hydrogens is 274 g/mol. The van der Waals surface area contributed by atoms with Gasteiger partial charge in [-0.15, -0.1) is 0 Å². The first kappa shape index (κ1) is 14.6. The van der Waals surface area contributed by atoms with Crippen LogP contribution in [0.4, 0.5) is 5.69 Å². The van der Waals surface area contributed by atoms with E-state index in [1.807, 2.05) is 32.0 Å². The van der Waals surface area contributed by atoms with Crippen molar-refractivity contribution in [1.82, 2.24) is 5.32 Å². The van der Waals surface area contributed by atoms with Crippen molar-refractivity contribution in [2.45, 2.75) is 25.5 Å². The van der Waals surface area contributed by atoms with Crippen LogP contribution in [0.15, 0.2) is 23.2 Å². The van der Waals surface area contributed by atoms with Crippen LogP contribution in [0.2, 0.25) is 0 Å². The maximum absolute atomic E-state index is 12.0. The first-order valence-corrected chi connectivity index (χ1v) is 7.19.